The van der Waals surface area contributed by atoms with Crippen LogP contribution in [0.4, 0.5) is 8.78 Å². The number of ketones is 1. The molecule has 1 aromatic carbocycles. The number of halogens is 3. The Morgan fingerprint density at radius 1 is 1.29 bits per heavy atom. The molecule has 0 radical (unpaired) electrons. The second-order valence-corrected chi connectivity index (χ2v) is 4.39. The molecule has 17 heavy (non-hydrogen) atoms. The Balaban J connectivity index is 2.31. The quantitative estimate of drug-likeness (QED) is 0.808. The van der Waals surface area contributed by atoms with Gasteiger partial charge in [0.2, 0.25) is 0 Å². The van der Waals surface area contributed by atoms with Crippen molar-refractivity contribution >= 4 is 21.7 Å². The van der Waals surface area contributed by atoms with Crippen molar-refractivity contribution in [2.45, 2.75) is 6.42 Å². The first kappa shape index (κ1) is 12.0. The summed E-state index contributed by atoms with van der Waals surface area (Å²) in [7, 11) is 0. The van der Waals surface area contributed by atoms with Gasteiger partial charge in [-0.3, -0.25) is 4.79 Å². The van der Waals surface area contributed by atoms with Gasteiger partial charge in [-0.25, -0.2) is 8.78 Å². The SMILES string of the molecule is O=C(Cc1ccoc1)c1c(F)cc(Br)cc1F. The predicted octanol–water partition coefficient (Wildman–Crippen LogP) is 3.75. The number of hydrogen-bond acceptors (Lipinski definition) is 2. The van der Waals surface area contributed by atoms with E-state index < -0.39 is 23.0 Å². The van der Waals surface area contributed by atoms with E-state index in [4.69, 9.17) is 4.42 Å². The van der Waals surface area contributed by atoms with Crippen molar-refractivity contribution in [3.8, 4) is 0 Å². The first-order chi connectivity index (χ1) is 8.08. The van der Waals surface area contributed by atoms with Crippen LogP contribution >= 0.6 is 15.9 Å². The molecule has 1 heterocycles. The Kier molecular flexibility index (Phi) is 3.38. The van der Waals surface area contributed by atoms with Crippen LogP contribution in [-0.4, -0.2) is 5.78 Å². The maximum atomic E-state index is 13.5. The average Bonchev–Trinajstić information content (AvgIpc) is 2.68. The highest BCUT2D eigenvalue weighted by Gasteiger charge is 2.18. The van der Waals surface area contributed by atoms with Crippen molar-refractivity contribution in [2.75, 3.05) is 0 Å². The van der Waals surface area contributed by atoms with Crippen LogP contribution in [-0.2, 0) is 6.42 Å². The molecule has 2 aromatic rings. The zero-order valence-electron chi connectivity index (χ0n) is 8.54. The molecule has 5 heteroatoms. The summed E-state index contributed by atoms with van der Waals surface area (Å²) >= 11 is 2.95. The van der Waals surface area contributed by atoms with Gasteiger partial charge in [0.1, 0.15) is 11.6 Å². The maximum absolute atomic E-state index is 13.5. The summed E-state index contributed by atoms with van der Waals surface area (Å²) in [5.74, 6) is -2.36. The Labute approximate surface area is 104 Å². The minimum atomic E-state index is -0.870. The fraction of sp³-hybridized carbons (Fsp3) is 0.0833. The fourth-order valence-electron chi connectivity index (χ4n) is 1.48. The van der Waals surface area contributed by atoms with E-state index in [1.54, 1.807) is 6.07 Å². The van der Waals surface area contributed by atoms with E-state index in [1.807, 2.05) is 0 Å². The molecule has 0 saturated heterocycles. The summed E-state index contributed by atoms with van der Waals surface area (Å²) in [5.41, 5.74) is 0.0612. The molecule has 88 valence electrons. The van der Waals surface area contributed by atoms with Gasteiger partial charge in [0.15, 0.2) is 5.78 Å². The van der Waals surface area contributed by atoms with Crippen LogP contribution in [0.25, 0.3) is 0 Å². The molecule has 0 N–H and O–H groups in total. The molecule has 0 unspecified atom stereocenters. The van der Waals surface area contributed by atoms with Crippen LogP contribution in [0.3, 0.4) is 0 Å². The summed E-state index contributed by atoms with van der Waals surface area (Å²) in [6.45, 7) is 0. The normalized spacial score (nSPS) is 10.5. The summed E-state index contributed by atoms with van der Waals surface area (Å²) in [6, 6.07) is 3.70. The van der Waals surface area contributed by atoms with Gasteiger partial charge >= 0.3 is 0 Å². The van der Waals surface area contributed by atoms with Crippen molar-refractivity contribution in [3.05, 3.63) is 58.0 Å². The molecule has 2 rings (SSSR count). The number of hydrogen-bond donors (Lipinski definition) is 0. The topological polar surface area (TPSA) is 30.2 Å². The first-order valence-electron chi connectivity index (χ1n) is 4.76. The van der Waals surface area contributed by atoms with Crippen molar-refractivity contribution < 1.29 is 18.0 Å². The summed E-state index contributed by atoms with van der Waals surface area (Å²) in [4.78, 5) is 11.7. The van der Waals surface area contributed by atoms with Crippen molar-refractivity contribution in [3.63, 3.8) is 0 Å². The molecule has 1 aromatic heterocycles. The molecule has 0 aliphatic rings. The number of benzene rings is 1. The van der Waals surface area contributed by atoms with E-state index in [-0.39, 0.29) is 10.9 Å². The van der Waals surface area contributed by atoms with Crippen molar-refractivity contribution in [1.29, 1.82) is 0 Å². The lowest BCUT2D eigenvalue weighted by molar-refractivity contribution is 0.0984. The monoisotopic (exact) mass is 300 g/mol. The number of rotatable bonds is 3. The zero-order chi connectivity index (χ0) is 12.4. The minimum Gasteiger partial charge on any atom is -0.472 e. The molecule has 2 nitrogen and oxygen atoms in total. The van der Waals surface area contributed by atoms with E-state index in [9.17, 15) is 13.6 Å². The third kappa shape index (κ3) is 2.61. The Bertz CT molecular complexity index is 527. The largest absolute Gasteiger partial charge is 0.472 e. The van der Waals surface area contributed by atoms with E-state index in [0.717, 1.165) is 12.1 Å². The van der Waals surface area contributed by atoms with Crippen LogP contribution in [0.2, 0.25) is 0 Å². The van der Waals surface area contributed by atoms with Crippen LogP contribution in [0.5, 0.6) is 0 Å². The van der Waals surface area contributed by atoms with Gasteiger partial charge in [-0.15, -0.1) is 0 Å². The Morgan fingerprint density at radius 3 is 2.47 bits per heavy atom. The lowest BCUT2D eigenvalue weighted by Crippen LogP contribution is -2.08. The molecule has 0 amide bonds. The third-order valence-electron chi connectivity index (χ3n) is 2.23. The molecule has 0 spiro atoms. The minimum absolute atomic E-state index is 0.0913. The molecule has 0 fully saturated rings. The summed E-state index contributed by atoms with van der Waals surface area (Å²) < 4.78 is 32.0. The van der Waals surface area contributed by atoms with Gasteiger partial charge in [0.25, 0.3) is 0 Å². The first-order valence-corrected chi connectivity index (χ1v) is 5.56. The smallest absolute Gasteiger partial charge is 0.173 e. The van der Waals surface area contributed by atoms with Crippen LogP contribution in [0, 0.1) is 11.6 Å². The number of carbonyl (C=O) groups is 1. The van der Waals surface area contributed by atoms with Gasteiger partial charge in [0.05, 0.1) is 18.1 Å². The van der Waals surface area contributed by atoms with Gasteiger partial charge in [-0.1, -0.05) is 15.9 Å². The third-order valence-corrected chi connectivity index (χ3v) is 2.69. The highest BCUT2D eigenvalue weighted by atomic mass is 79.9. The lowest BCUT2D eigenvalue weighted by Gasteiger charge is -2.03. The standard InChI is InChI=1S/C12H7BrF2O2/c13-8-4-9(14)12(10(15)5-8)11(16)3-7-1-2-17-6-7/h1-2,4-6H,3H2. The maximum Gasteiger partial charge on any atom is 0.173 e. The Morgan fingerprint density at radius 2 is 1.94 bits per heavy atom. The van der Waals surface area contributed by atoms with Crippen LogP contribution in [0.1, 0.15) is 15.9 Å². The highest BCUT2D eigenvalue weighted by Crippen LogP contribution is 2.21. The predicted molar refractivity (Wildman–Crippen MR) is 60.8 cm³/mol. The van der Waals surface area contributed by atoms with E-state index in [0.29, 0.717) is 5.56 Å². The molecule has 0 atom stereocenters. The number of Topliss-reactive ketones (excluding diaryl/α,β-unsaturated/α-hetero) is 1. The highest BCUT2D eigenvalue weighted by molar-refractivity contribution is 9.10. The van der Waals surface area contributed by atoms with E-state index in [2.05, 4.69) is 15.9 Å². The molecular formula is C12H7BrF2O2. The van der Waals surface area contributed by atoms with E-state index >= 15 is 0 Å². The lowest BCUT2D eigenvalue weighted by atomic mass is 10.0. The van der Waals surface area contributed by atoms with Gasteiger partial charge in [-0.05, 0) is 23.8 Å². The van der Waals surface area contributed by atoms with Gasteiger partial charge < -0.3 is 4.42 Å². The van der Waals surface area contributed by atoms with E-state index in [1.165, 1.54) is 12.5 Å². The molecule has 0 aliphatic carbocycles. The van der Waals surface area contributed by atoms with Crippen LogP contribution < -0.4 is 0 Å². The van der Waals surface area contributed by atoms with Crippen molar-refractivity contribution in [2.24, 2.45) is 0 Å². The Hall–Kier alpha value is -1.49. The molecule has 0 aliphatic heterocycles. The fourth-order valence-corrected chi connectivity index (χ4v) is 1.88. The second kappa shape index (κ2) is 4.79. The number of carbonyl (C=O) groups excluding carboxylic acids is 1. The molecule has 0 saturated carbocycles. The summed E-state index contributed by atoms with van der Waals surface area (Å²) in [6.07, 6.45) is 2.68. The van der Waals surface area contributed by atoms with Gasteiger partial charge in [0, 0.05) is 10.9 Å². The molecule has 0 bridgehead atoms. The number of furan rings is 1. The van der Waals surface area contributed by atoms with Crippen LogP contribution in [0.15, 0.2) is 39.6 Å². The average molecular weight is 301 g/mol. The zero-order valence-corrected chi connectivity index (χ0v) is 10.1. The van der Waals surface area contributed by atoms with Gasteiger partial charge in [-0.2, -0.15) is 0 Å². The summed E-state index contributed by atoms with van der Waals surface area (Å²) in [5, 5.41) is 0. The molecular weight excluding hydrogens is 294 g/mol. The van der Waals surface area contributed by atoms with Crippen molar-refractivity contribution in [1.82, 2.24) is 0 Å². The second-order valence-electron chi connectivity index (χ2n) is 3.48.